The average molecular weight is 242 g/mol. The fourth-order valence-corrected chi connectivity index (χ4v) is 2.35. The summed E-state index contributed by atoms with van der Waals surface area (Å²) in [6.07, 6.45) is 5.35. The first-order valence-corrected chi connectivity index (χ1v) is 6.08. The molecule has 0 radical (unpaired) electrons. The molecule has 0 saturated heterocycles. The SMILES string of the molecule is c1ccc(CNc2nc3cnccc3s2)nc1. The molecule has 0 spiro atoms. The molecule has 0 unspecified atom stereocenters. The molecule has 3 aromatic heterocycles. The molecule has 0 amide bonds. The Bertz CT molecular complexity index is 587. The molecule has 0 saturated carbocycles. The van der Waals surface area contributed by atoms with Crippen molar-refractivity contribution in [3.05, 3.63) is 48.5 Å². The summed E-state index contributed by atoms with van der Waals surface area (Å²) >= 11 is 1.63. The van der Waals surface area contributed by atoms with E-state index < -0.39 is 0 Å². The summed E-state index contributed by atoms with van der Waals surface area (Å²) in [5.74, 6) is 0. The predicted octanol–water partition coefficient (Wildman–Crippen LogP) is 2.70. The topological polar surface area (TPSA) is 50.7 Å². The molecule has 0 aliphatic rings. The fourth-order valence-electron chi connectivity index (χ4n) is 1.52. The van der Waals surface area contributed by atoms with Gasteiger partial charge in [-0.15, -0.1) is 0 Å². The number of nitrogens with zero attached hydrogens (tertiary/aromatic N) is 3. The van der Waals surface area contributed by atoms with Gasteiger partial charge < -0.3 is 5.32 Å². The van der Waals surface area contributed by atoms with E-state index in [2.05, 4.69) is 20.3 Å². The normalized spacial score (nSPS) is 10.6. The Balaban J connectivity index is 1.77. The van der Waals surface area contributed by atoms with E-state index in [1.54, 1.807) is 29.9 Å². The molecule has 17 heavy (non-hydrogen) atoms. The first-order chi connectivity index (χ1) is 8.42. The molecular formula is C12H10N4S. The van der Waals surface area contributed by atoms with Gasteiger partial charge in [0, 0.05) is 12.4 Å². The van der Waals surface area contributed by atoms with Crippen molar-refractivity contribution in [3.8, 4) is 0 Å². The standard InChI is InChI=1S/C12H10N4S/c1-2-5-14-9(3-1)7-15-12-16-10-8-13-6-4-11(10)17-12/h1-6,8H,7H2,(H,15,16). The van der Waals surface area contributed by atoms with Gasteiger partial charge in [-0.1, -0.05) is 17.4 Å². The van der Waals surface area contributed by atoms with Gasteiger partial charge in [-0.05, 0) is 18.2 Å². The van der Waals surface area contributed by atoms with Crippen LogP contribution in [-0.4, -0.2) is 15.0 Å². The average Bonchev–Trinajstić information content (AvgIpc) is 2.80. The molecule has 84 valence electrons. The highest BCUT2D eigenvalue weighted by Gasteiger charge is 2.02. The van der Waals surface area contributed by atoms with E-state index in [0.29, 0.717) is 6.54 Å². The Morgan fingerprint density at radius 1 is 1.18 bits per heavy atom. The van der Waals surface area contributed by atoms with E-state index in [0.717, 1.165) is 21.0 Å². The van der Waals surface area contributed by atoms with Crippen LogP contribution in [0.4, 0.5) is 5.13 Å². The monoisotopic (exact) mass is 242 g/mol. The van der Waals surface area contributed by atoms with E-state index in [-0.39, 0.29) is 0 Å². The number of thiazole rings is 1. The number of nitrogens with one attached hydrogen (secondary N) is 1. The molecule has 1 N–H and O–H groups in total. The number of hydrogen-bond acceptors (Lipinski definition) is 5. The van der Waals surface area contributed by atoms with Crippen molar-refractivity contribution in [2.75, 3.05) is 5.32 Å². The van der Waals surface area contributed by atoms with Crippen molar-refractivity contribution >= 4 is 26.7 Å². The van der Waals surface area contributed by atoms with Gasteiger partial charge in [0.1, 0.15) is 5.52 Å². The Kier molecular flexibility index (Phi) is 2.67. The second-order valence-corrected chi connectivity index (χ2v) is 4.57. The molecule has 0 aliphatic heterocycles. The van der Waals surface area contributed by atoms with Crippen LogP contribution in [0.3, 0.4) is 0 Å². The molecule has 3 heterocycles. The Morgan fingerprint density at radius 3 is 3.00 bits per heavy atom. The van der Waals surface area contributed by atoms with Gasteiger partial charge in [0.05, 0.1) is 23.1 Å². The third kappa shape index (κ3) is 2.24. The van der Waals surface area contributed by atoms with Gasteiger partial charge in [0.2, 0.25) is 0 Å². The predicted molar refractivity (Wildman–Crippen MR) is 69.0 cm³/mol. The molecule has 0 atom stereocenters. The summed E-state index contributed by atoms with van der Waals surface area (Å²) in [7, 11) is 0. The Morgan fingerprint density at radius 2 is 2.18 bits per heavy atom. The van der Waals surface area contributed by atoms with Crippen LogP contribution in [0.1, 0.15) is 5.69 Å². The zero-order chi connectivity index (χ0) is 11.5. The minimum atomic E-state index is 0.689. The molecule has 3 rings (SSSR count). The summed E-state index contributed by atoms with van der Waals surface area (Å²) < 4.78 is 1.14. The number of hydrogen-bond donors (Lipinski definition) is 1. The summed E-state index contributed by atoms with van der Waals surface area (Å²) in [5.41, 5.74) is 1.94. The molecule has 0 bridgehead atoms. The van der Waals surface area contributed by atoms with Crippen molar-refractivity contribution in [1.29, 1.82) is 0 Å². The molecule has 3 aromatic rings. The lowest BCUT2D eigenvalue weighted by Crippen LogP contribution is -2.00. The second-order valence-electron chi connectivity index (χ2n) is 3.54. The summed E-state index contributed by atoms with van der Waals surface area (Å²) in [5, 5.41) is 4.17. The smallest absolute Gasteiger partial charge is 0.184 e. The fraction of sp³-hybridized carbons (Fsp3) is 0.0833. The third-order valence-electron chi connectivity index (χ3n) is 2.34. The lowest BCUT2D eigenvalue weighted by molar-refractivity contribution is 1.04. The van der Waals surface area contributed by atoms with E-state index in [4.69, 9.17) is 0 Å². The number of aromatic nitrogens is 3. The van der Waals surface area contributed by atoms with E-state index in [1.165, 1.54) is 0 Å². The molecule has 5 heteroatoms. The van der Waals surface area contributed by atoms with Crippen LogP contribution in [0, 0.1) is 0 Å². The minimum absolute atomic E-state index is 0.689. The van der Waals surface area contributed by atoms with Crippen LogP contribution < -0.4 is 5.32 Å². The van der Waals surface area contributed by atoms with E-state index in [1.807, 2.05) is 24.3 Å². The first-order valence-electron chi connectivity index (χ1n) is 5.26. The van der Waals surface area contributed by atoms with Crippen LogP contribution in [0.2, 0.25) is 0 Å². The molecule has 4 nitrogen and oxygen atoms in total. The first kappa shape index (κ1) is 10.2. The highest BCUT2D eigenvalue weighted by atomic mass is 32.1. The molecule has 0 fully saturated rings. The summed E-state index contributed by atoms with van der Waals surface area (Å²) in [6, 6.07) is 7.85. The highest BCUT2D eigenvalue weighted by Crippen LogP contribution is 2.24. The quantitative estimate of drug-likeness (QED) is 0.767. The van der Waals surface area contributed by atoms with E-state index >= 15 is 0 Å². The molecule has 0 aliphatic carbocycles. The largest absolute Gasteiger partial charge is 0.356 e. The van der Waals surface area contributed by atoms with Gasteiger partial charge in [0.25, 0.3) is 0 Å². The Labute approximate surface area is 102 Å². The van der Waals surface area contributed by atoms with Crippen molar-refractivity contribution < 1.29 is 0 Å². The zero-order valence-electron chi connectivity index (χ0n) is 9.00. The zero-order valence-corrected chi connectivity index (χ0v) is 9.81. The second kappa shape index (κ2) is 4.47. The van der Waals surface area contributed by atoms with Crippen LogP contribution in [0.25, 0.3) is 10.2 Å². The maximum atomic E-state index is 4.44. The van der Waals surface area contributed by atoms with Gasteiger partial charge in [-0.3, -0.25) is 9.97 Å². The molecular weight excluding hydrogens is 232 g/mol. The van der Waals surface area contributed by atoms with Crippen LogP contribution in [0.15, 0.2) is 42.9 Å². The maximum Gasteiger partial charge on any atom is 0.184 e. The van der Waals surface area contributed by atoms with Crippen LogP contribution in [-0.2, 0) is 6.54 Å². The van der Waals surface area contributed by atoms with Gasteiger partial charge in [-0.25, -0.2) is 4.98 Å². The number of fused-ring (bicyclic) bond motifs is 1. The number of anilines is 1. The summed E-state index contributed by atoms with van der Waals surface area (Å²) in [6.45, 7) is 0.689. The van der Waals surface area contributed by atoms with Gasteiger partial charge >= 0.3 is 0 Å². The third-order valence-corrected chi connectivity index (χ3v) is 3.33. The lowest BCUT2D eigenvalue weighted by atomic mass is 10.3. The Hall–Kier alpha value is -2.01. The van der Waals surface area contributed by atoms with Crippen molar-refractivity contribution in [2.45, 2.75) is 6.54 Å². The maximum absolute atomic E-state index is 4.44. The number of rotatable bonds is 3. The summed E-state index contributed by atoms with van der Waals surface area (Å²) in [4.78, 5) is 12.7. The minimum Gasteiger partial charge on any atom is -0.356 e. The molecule has 0 aromatic carbocycles. The van der Waals surface area contributed by atoms with Gasteiger partial charge in [0.15, 0.2) is 5.13 Å². The van der Waals surface area contributed by atoms with Crippen molar-refractivity contribution in [2.24, 2.45) is 0 Å². The van der Waals surface area contributed by atoms with Crippen LogP contribution in [0.5, 0.6) is 0 Å². The van der Waals surface area contributed by atoms with Crippen molar-refractivity contribution in [1.82, 2.24) is 15.0 Å². The van der Waals surface area contributed by atoms with Crippen LogP contribution >= 0.6 is 11.3 Å². The lowest BCUT2D eigenvalue weighted by Gasteiger charge is -2.00. The van der Waals surface area contributed by atoms with E-state index in [9.17, 15) is 0 Å². The van der Waals surface area contributed by atoms with Crippen molar-refractivity contribution in [3.63, 3.8) is 0 Å². The van der Waals surface area contributed by atoms with Gasteiger partial charge in [-0.2, -0.15) is 0 Å². The highest BCUT2D eigenvalue weighted by molar-refractivity contribution is 7.22. The number of pyridine rings is 2.